The first-order valence-electron chi connectivity index (χ1n) is 15.0. The number of hydrogen-bond donors (Lipinski definition) is 0. The van der Waals surface area contributed by atoms with E-state index in [1.54, 1.807) is 0 Å². The fourth-order valence-corrected chi connectivity index (χ4v) is 4.61. The van der Waals surface area contributed by atoms with Gasteiger partial charge >= 0.3 is 5.97 Å². The van der Waals surface area contributed by atoms with Crippen molar-refractivity contribution in [3.8, 4) is 39.8 Å². The molecule has 0 saturated heterocycles. The molecular weight excluding hydrogens is 534 g/mol. The average molecular weight is 574 g/mol. The lowest BCUT2D eigenvalue weighted by Gasteiger charge is -2.09. The smallest absolute Gasteiger partial charge is 0.338 e. The van der Waals surface area contributed by atoms with E-state index >= 15 is 0 Å². The summed E-state index contributed by atoms with van der Waals surface area (Å²) in [5.41, 5.74) is 5.50. The molecule has 5 heteroatoms. The molecule has 0 spiro atoms. The molecule has 0 atom stereocenters. The molecule has 4 aromatic carbocycles. The maximum absolute atomic E-state index is 12.4. The lowest BCUT2D eigenvalue weighted by molar-refractivity contribution is 0.0497. The van der Waals surface area contributed by atoms with Gasteiger partial charge in [0, 0.05) is 0 Å². The number of benzene rings is 4. The lowest BCUT2D eigenvalue weighted by Crippen LogP contribution is -2.06. The van der Waals surface area contributed by atoms with E-state index in [0.29, 0.717) is 30.9 Å². The van der Waals surface area contributed by atoms with Gasteiger partial charge in [0.15, 0.2) is 0 Å². The first-order valence-corrected chi connectivity index (χ1v) is 15.0. The summed E-state index contributed by atoms with van der Waals surface area (Å²) >= 11 is 0. The number of carbonyl (C=O) groups excluding carboxylic acids is 1. The molecule has 43 heavy (non-hydrogen) atoms. The maximum Gasteiger partial charge on any atom is 0.338 e. The largest absolute Gasteiger partial charge is 0.494 e. The van der Waals surface area contributed by atoms with Crippen LogP contribution < -0.4 is 9.47 Å². The zero-order chi connectivity index (χ0) is 30.1. The van der Waals surface area contributed by atoms with Crippen LogP contribution in [0.3, 0.4) is 0 Å². The Balaban J connectivity index is 1.06. The first kappa shape index (κ1) is 31.1. The van der Waals surface area contributed by atoms with Crippen molar-refractivity contribution in [1.82, 2.24) is 0 Å². The van der Waals surface area contributed by atoms with Crippen molar-refractivity contribution in [3.63, 3.8) is 0 Å². The van der Waals surface area contributed by atoms with E-state index in [1.807, 2.05) is 103 Å². The minimum atomic E-state index is -0.284. The summed E-state index contributed by atoms with van der Waals surface area (Å²) in [5, 5.41) is 8.94. The van der Waals surface area contributed by atoms with E-state index in [2.05, 4.69) is 12.6 Å². The molecule has 4 rings (SSSR count). The second-order valence-electron chi connectivity index (χ2n) is 10.3. The van der Waals surface area contributed by atoms with Gasteiger partial charge in [0.25, 0.3) is 0 Å². The zero-order valence-corrected chi connectivity index (χ0v) is 24.7. The molecule has 0 saturated carbocycles. The standard InChI is InChI=1S/C38H39NO4/c1-2-3-7-26-41-36-24-20-34(21-25-36)32-14-16-35(17-15-32)38(40)43-28-9-6-4-5-8-27-42-37-22-18-33(19-23-37)31-12-10-30(29-39)11-13-31/h2,10-25H,1,3-9,26-28H2. The van der Waals surface area contributed by atoms with Crippen LogP contribution in [-0.2, 0) is 4.74 Å². The van der Waals surface area contributed by atoms with Crippen LogP contribution in [-0.4, -0.2) is 25.8 Å². The maximum atomic E-state index is 12.4. The fourth-order valence-electron chi connectivity index (χ4n) is 4.61. The molecule has 0 fully saturated rings. The van der Waals surface area contributed by atoms with Gasteiger partial charge in [-0.1, -0.05) is 73.9 Å². The number of nitriles is 1. The Morgan fingerprint density at radius 3 is 1.56 bits per heavy atom. The fraction of sp³-hybridized carbons (Fsp3) is 0.263. The number of hydrogen-bond acceptors (Lipinski definition) is 5. The molecule has 5 nitrogen and oxygen atoms in total. The van der Waals surface area contributed by atoms with E-state index in [9.17, 15) is 4.79 Å². The summed E-state index contributed by atoms with van der Waals surface area (Å²) in [4.78, 5) is 12.4. The topological polar surface area (TPSA) is 68.6 Å². The second-order valence-corrected chi connectivity index (χ2v) is 10.3. The first-order chi connectivity index (χ1) is 21.2. The molecule has 220 valence electrons. The summed E-state index contributed by atoms with van der Waals surface area (Å²) in [7, 11) is 0. The van der Waals surface area contributed by atoms with Gasteiger partial charge in [-0.05, 0) is 96.5 Å². The van der Waals surface area contributed by atoms with Crippen LogP contribution in [0.4, 0.5) is 0 Å². The molecule has 0 radical (unpaired) electrons. The van der Waals surface area contributed by atoms with E-state index < -0.39 is 0 Å². The third kappa shape index (κ3) is 10.2. The molecule has 0 bridgehead atoms. The number of esters is 1. The predicted octanol–water partition coefficient (Wildman–Crippen LogP) is 9.42. The lowest BCUT2D eigenvalue weighted by atomic mass is 10.0. The molecule has 0 amide bonds. The molecule has 0 heterocycles. The quantitative estimate of drug-likeness (QED) is 0.0715. The monoisotopic (exact) mass is 573 g/mol. The molecular formula is C38H39NO4. The minimum absolute atomic E-state index is 0.284. The molecule has 0 aromatic heterocycles. The van der Waals surface area contributed by atoms with Gasteiger partial charge in [0.2, 0.25) is 0 Å². The highest BCUT2D eigenvalue weighted by Crippen LogP contribution is 2.24. The van der Waals surface area contributed by atoms with Crippen LogP contribution in [0.15, 0.2) is 110 Å². The van der Waals surface area contributed by atoms with E-state index in [-0.39, 0.29) is 5.97 Å². The summed E-state index contributed by atoms with van der Waals surface area (Å²) < 4.78 is 17.1. The minimum Gasteiger partial charge on any atom is -0.494 e. The van der Waals surface area contributed by atoms with Gasteiger partial charge in [-0.15, -0.1) is 6.58 Å². The molecule has 4 aromatic rings. The molecule has 0 unspecified atom stereocenters. The second kappa shape index (κ2) is 17.2. The number of unbranched alkanes of at least 4 members (excludes halogenated alkanes) is 5. The highest BCUT2D eigenvalue weighted by molar-refractivity contribution is 5.90. The van der Waals surface area contributed by atoms with Crippen molar-refractivity contribution in [1.29, 1.82) is 5.26 Å². The van der Waals surface area contributed by atoms with E-state index in [4.69, 9.17) is 19.5 Å². The Labute approximate surface area is 255 Å². The van der Waals surface area contributed by atoms with Crippen molar-refractivity contribution in [2.24, 2.45) is 0 Å². The van der Waals surface area contributed by atoms with Crippen molar-refractivity contribution in [2.75, 3.05) is 19.8 Å². The van der Waals surface area contributed by atoms with Crippen LogP contribution in [0.5, 0.6) is 11.5 Å². The average Bonchev–Trinajstić information content (AvgIpc) is 3.06. The van der Waals surface area contributed by atoms with Gasteiger partial charge in [-0.3, -0.25) is 0 Å². The highest BCUT2D eigenvalue weighted by Gasteiger charge is 2.08. The van der Waals surface area contributed by atoms with Gasteiger partial charge in [-0.25, -0.2) is 4.79 Å². The number of allylic oxidation sites excluding steroid dienone is 1. The Bertz CT molecular complexity index is 1450. The van der Waals surface area contributed by atoms with Gasteiger partial charge in [0.05, 0.1) is 37.0 Å². The Hall–Kier alpha value is -4.82. The van der Waals surface area contributed by atoms with Crippen LogP contribution in [0.25, 0.3) is 22.3 Å². The third-order valence-electron chi connectivity index (χ3n) is 7.12. The predicted molar refractivity (Wildman–Crippen MR) is 172 cm³/mol. The van der Waals surface area contributed by atoms with E-state index in [1.165, 1.54) is 0 Å². The van der Waals surface area contributed by atoms with Crippen LogP contribution in [0.1, 0.15) is 60.9 Å². The Morgan fingerprint density at radius 2 is 1.05 bits per heavy atom. The Morgan fingerprint density at radius 1 is 0.605 bits per heavy atom. The van der Waals surface area contributed by atoms with Crippen molar-refractivity contribution in [3.05, 3.63) is 121 Å². The highest BCUT2D eigenvalue weighted by atomic mass is 16.5. The van der Waals surface area contributed by atoms with Crippen LogP contribution in [0, 0.1) is 11.3 Å². The summed E-state index contributed by atoms with van der Waals surface area (Å²) in [5.74, 6) is 1.42. The zero-order valence-electron chi connectivity index (χ0n) is 24.7. The van der Waals surface area contributed by atoms with E-state index in [0.717, 1.165) is 78.7 Å². The van der Waals surface area contributed by atoms with Crippen molar-refractivity contribution >= 4 is 5.97 Å². The number of ether oxygens (including phenoxy) is 3. The SMILES string of the molecule is C=CCCCOc1ccc(-c2ccc(C(=O)OCCCCCCCOc3ccc(-c4ccc(C#N)cc4)cc3)cc2)cc1. The molecule has 0 aliphatic rings. The number of carbonyl (C=O) groups is 1. The number of rotatable bonds is 17. The Kier molecular flexibility index (Phi) is 12.5. The van der Waals surface area contributed by atoms with Crippen LogP contribution >= 0.6 is 0 Å². The molecule has 0 aliphatic heterocycles. The molecule has 0 N–H and O–H groups in total. The summed E-state index contributed by atoms with van der Waals surface area (Å²) in [6, 6.07) is 33.3. The van der Waals surface area contributed by atoms with Gasteiger partial charge < -0.3 is 14.2 Å². The third-order valence-corrected chi connectivity index (χ3v) is 7.12. The molecule has 0 aliphatic carbocycles. The van der Waals surface area contributed by atoms with Crippen LogP contribution in [0.2, 0.25) is 0 Å². The normalized spacial score (nSPS) is 10.5. The van der Waals surface area contributed by atoms with Gasteiger partial charge in [0.1, 0.15) is 11.5 Å². The van der Waals surface area contributed by atoms with Crippen molar-refractivity contribution < 1.29 is 19.0 Å². The summed E-state index contributed by atoms with van der Waals surface area (Å²) in [6.07, 6.45) is 8.80. The number of nitrogens with zero attached hydrogens (tertiary/aromatic N) is 1. The summed E-state index contributed by atoms with van der Waals surface area (Å²) in [6.45, 7) is 5.51. The van der Waals surface area contributed by atoms with Crippen molar-refractivity contribution in [2.45, 2.75) is 44.9 Å². The van der Waals surface area contributed by atoms with Gasteiger partial charge in [-0.2, -0.15) is 5.26 Å².